The van der Waals surface area contributed by atoms with Gasteiger partial charge < -0.3 is 20.1 Å². The maximum atomic E-state index is 12.9. The number of ether oxygens (including phenoxy) is 2. The molecule has 0 saturated heterocycles. The normalized spacial score (nSPS) is 12.8. The molecular weight excluding hydrogens is 337 g/mol. The number of rotatable bonds is 5. The average Bonchev–Trinajstić information content (AvgIpc) is 3.02. The van der Waals surface area contributed by atoms with Gasteiger partial charge in [-0.3, -0.25) is 4.79 Å². The molecule has 0 unspecified atom stereocenters. The van der Waals surface area contributed by atoms with Crippen LogP contribution in [0, 0.1) is 0 Å². The van der Waals surface area contributed by atoms with Crippen LogP contribution in [0.2, 0.25) is 0 Å². The van der Waals surface area contributed by atoms with Gasteiger partial charge in [-0.15, -0.1) is 0 Å². The van der Waals surface area contributed by atoms with Gasteiger partial charge in [-0.25, -0.2) is 0 Å². The summed E-state index contributed by atoms with van der Waals surface area (Å²) in [7, 11) is 0. The second kappa shape index (κ2) is 6.92. The van der Waals surface area contributed by atoms with Crippen LogP contribution in [0.15, 0.2) is 42.5 Å². The molecule has 0 radical (unpaired) electrons. The van der Waals surface area contributed by atoms with Gasteiger partial charge in [0.2, 0.25) is 12.7 Å². The molecule has 0 bridgehead atoms. The van der Waals surface area contributed by atoms with Gasteiger partial charge in [0.05, 0.1) is 5.56 Å². The summed E-state index contributed by atoms with van der Waals surface area (Å²) in [6, 6.07) is 10.1. The molecule has 0 aromatic heterocycles. The average molecular weight is 352 g/mol. The first kappa shape index (κ1) is 16.9. The van der Waals surface area contributed by atoms with Crippen molar-refractivity contribution >= 4 is 17.3 Å². The molecule has 1 heterocycles. The molecule has 3 rings (SSSR count). The molecule has 2 aromatic rings. The molecule has 2 N–H and O–H groups in total. The number of carbonyl (C=O) groups excluding carboxylic acids is 1. The number of alkyl halides is 3. The SMILES string of the molecule is O=C(CCNc1ccccc1C(F)(F)F)Nc1ccc2c(c1)OCO2. The summed E-state index contributed by atoms with van der Waals surface area (Å²) >= 11 is 0. The van der Waals surface area contributed by atoms with Crippen molar-refractivity contribution in [3.63, 3.8) is 0 Å². The lowest BCUT2D eigenvalue weighted by atomic mass is 10.1. The second-order valence-electron chi connectivity index (χ2n) is 5.34. The lowest BCUT2D eigenvalue weighted by molar-refractivity contribution is -0.137. The minimum absolute atomic E-state index is 0.0145. The Labute approximate surface area is 141 Å². The number of amides is 1. The van der Waals surface area contributed by atoms with Crippen molar-refractivity contribution in [2.75, 3.05) is 24.0 Å². The van der Waals surface area contributed by atoms with Crippen molar-refractivity contribution in [1.29, 1.82) is 0 Å². The Morgan fingerprint density at radius 3 is 2.64 bits per heavy atom. The zero-order valence-corrected chi connectivity index (χ0v) is 13.0. The van der Waals surface area contributed by atoms with Crippen molar-refractivity contribution in [2.45, 2.75) is 12.6 Å². The van der Waals surface area contributed by atoms with Crippen LogP contribution >= 0.6 is 0 Å². The molecule has 132 valence electrons. The van der Waals surface area contributed by atoms with Crippen LogP contribution in [0.25, 0.3) is 0 Å². The van der Waals surface area contributed by atoms with Crippen LogP contribution in [0.1, 0.15) is 12.0 Å². The van der Waals surface area contributed by atoms with Crippen molar-refractivity contribution < 1.29 is 27.4 Å². The number of hydrogen-bond donors (Lipinski definition) is 2. The predicted molar refractivity (Wildman–Crippen MR) is 85.7 cm³/mol. The number of halogens is 3. The summed E-state index contributed by atoms with van der Waals surface area (Å²) in [5.41, 5.74) is -0.276. The molecule has 1 aliphatic rings. The maximum Gasteiger partial charge on any atom is 0.418 e. The number of anilines is 2. The second-order valence-corrected chi connectivity index (χ2v) is 5.34. The Morgan fingerprint density at radius 1 is 1.08 bits per heavy atom. The molecule has 25 heavy (non-hydrogen) atoms. The molecule has 0 spiro atoms. The third kappa shape index (κ3) is 4.14. The number of carbonyl (C=O) groups is 1. The van der Waals surface area contributed by atoms with Crippen LogP contribution in [0.3, 0.4) is 0 Å². The molecule has 1 amide bonds. The van der Waals surface area contributed by atoms with Crippen molar-refractivity contribution in [3.8, 4) is 11.5 Å². The number of para-hydroxylation sites is 1. The van der Waals surface area contributed by atoms with Gasteiger partial charge >= 0.3 is 6.18 Å². The summed E-state index contributed by atoms with van der Waals surface area (Å²) in [5.74, 6) is 0.814. The molecule has 0 aliphatic carbocycles. The fraction of sp³-hybridized carbons (Fsp3) is 0.235. The van der Waals surface area contributed by atoms with E-state index in [4.69, 9.17) is 9.47 Å². The Bertz CT molecular complexity index is 778. The van der Waals surface area contributed by atoms with Gasteiger partial charge in [-0.1, -0.05) is 12.1 Å². The summed E-state index contributed by atoms with van der Waals surface area (Å²) in [4.78, 5) is 11.9. The Hall–Kier alpha value is -2.90. The lowest BCUT2D eigenvalue weighted by Gasteiger charge is -2.14. The van der Waals surface area contributed by atoms with E-state index in [1.165, 1.54) is 18.2 Å². The van der Waals surface area contributed by atoms with Gasteiger partial charge in [-0.2, -0.15) is 13.2 Å². The summed E-state index contributed by atoms with van der Waals surface area (Å²) in [6.45, 7) is 0.207. The molecule has 0 saturated carbocycles. The van der Waals surface area contributed by atoms with E-state index in [1.54, 1.807) is 18.2 Å². The van der Waals surface area contributed by atoms with Crippen LogP contribution in [0.4, 0.5) is 24.5 Å². The zero-order valence-electron chi connectivity index (χ0n) is 13.0. The van der Waals surface area contributed by atoms with E-state index < -0.39 is 11.7 Å². The third-order valence-electron chi connectivity index (χ3n) is 3.56. The maximum absolute atomic E-state index is 12.9. The van der Waals surface area contributed by atoms with Crippen LogP contribution in [-0.2, 0) is 11.0 Å². The number of fused-ring (bicyclic) bond motifs is 1. The zero-order chi connectivity index (χ0) is 17.9. The van der Waals surface area contributed by atoms with E-state index in [2.05, 4.69) is 10.6 Å². The highest BCUT2D eigenvalue weighted by atomic mass is 19.4. The van der Waals surface area contributed by atoms with E-state index in [1.807, 2.05) is 0 Å². The Kier molecular flexibility index (Phi) is 4.69. The van der Waals surface area contributed by atoms with Gasteiger partial charge in [0.15, 0.2) is 11.5 Å². The Balaban J connectivity index is 1.54. The molecule has 5 nitrogen and oxygen atoms in total. The van der Waals surface area contributed by atoms with E-state index in [9.17, 15) is 18.0 Å². The van der Waals surface area contributed by atoms with E-state index in [0.717, 1.165) is 6.07 Å². The number of hydrogen-bond acceptors (Lipinski definition) is 4. The predicted octanol–water partition coefficient (Wildman–Crippen LogP) is 3.87. The van der Waals surface area contributed by atoms with Gasteiger partial charge in [0.1, 0.15) is 0 Å². The molecular formula is C17H15F3N2O3. The largest absolute Gasteiger partial charge is 0.454 e. The first-order valence-electron chi connectivity index (χ1n) is 7.53. The van der Waals surface area contributed by atoms with E-state index >= 15 is 0 Å². The van der Waals surface area contributed by atoms with Gasteiger partial charge in [0, 0.05) is 30.4 Å². The molecule has 0 fully saturated rings. The topological polar surface area (TPSA) is 59.6 Å². The fourth-order valence-electron chi connectivity index (χ4n) is 2.39. The first-order valence-corrected chi connectivity index (χ1v) is 7.53. The Morgan fingerprint density at radius 2 is 1.84 bits per heavy atom. The highest BCUT2D eigenvalue weighted by Gasteiger charge is 2.33. The molecule has 2 aromatic carbocycles. The van der Waals surface area contributed by atoms with Gasteiger partial charge in [0.25, 0.3) is 0 Å². The lowest BCUT2D eigenvalue weighted by Crippen LogP contribution is -2.17. The minimum atomic E-state index is -4.45. The smallest absolute Gasteiger partial charge is 0.418 e. The first-order chi connectivity index (χ1) is 11.9. The third-order valence-corrected chi connectivity index (χ3v) is 3.56. The van der Waals surface area contributed by atoms with E-state index in [0.29, 0.717) is 17.2 Å². The van der Waals surface area contributed by atoms with Crippen LogP contribution in [-0.4, -0.2) is 19.2 Å². The van der Waals surface area contributed by atoms with Gasteiger partial charge in [-0.05, 0) is 24.3 Å². The van der Waals surface area contributed by atoms with E-state index in [-0.39, 0.29) is 31.4 Å². The highest BCUT2D eigenvalue weighted by molar-refractivity contribution is 5.91. The number of benzene rings is 2. The number of nitrogens with one attached hydrogen (secondary N) is 2. The molecule has 0 atom stereocenters. The molecule has 8 heteroatoms. The van der Waals surface area contributed by atoms with Crippen LogP contribution in [0.5, 0.6) is 11.5 Å². The van der Waals surface area contributed by atoms with Crippen molar-refractivity contribution in [3.05, 3.63) is 48.0 Å². The fourth-order valence-corrected chi connectivity index (χ4v) is 2.39. The quantitative estimate of drug-likeness (QED) is 0.858. The minimum Gasteiger partial charge on any atom is -0.454 e. The summed E-state index contributed by atoms with van der Waals surface area (Å²) < 4.78 is 49.1. The summed E-state index contributed by atoms with van der Waals surface area (Å²) in [6.07, 6.45) is -4.43. The molecule has 1 aliphatic heterocycles. The summed E-state index contributed by atoms with van der Waals surface area (Å²) in [5, 5.41) is 5.32. The monoisotopic (exact) mass is 352 g/mol. The highest BCUT2D eigenvalue weighted by Crippen LogP contribution is 2.35. The van der Waals surface area contributed by atoms with Crippen molar-refractivity contribution in [2.24, 2.45) is 0 Å². The standard InChI is InChI=1S/C17H15F3N2O3/c18-17(19,20)12-3-1-2-4-13(12)21-8-7-16(23)22-11-5-6-14-15(9-11)25-10-24-14/h1-6,9,21H,7-8,10H2,(H,22,23). The van der Waals surface area contributed by atoms with Crippen LogP contribution < -0.4 is 20.1 Å². The van der Waals surface area contributed by atoms with Crippen molar-refractivity contribution in [1.82, 2.24) is 0 Å².